The number of hydrogen-bond donors (Lipinski definition) is 2. The van der Waals surface area contributed by atoms with Gasteiger partial charge in [-0.05, 0) is 13.0 Å². The van der Waals surface area contributed by atoms with Gasteiger partial charge in [-0.15, -0.1) is 11.8 Å². The number of carbonyl (C=O) groups excluding carboxylic acids is 1. The van der Waals surface area contributed by atoms with Crippen molar-refractivity contribution < 1.29 is 9.90 Å². The van der Waals surface area contributed by atoms with E-state index in [1.807, 2.05) is 0 Å². The molecule has 0 spiro atoms. The summed E-state index contributed by atoms with van der Waals surface area (Å²) in [7, 11) is 0. The fourth-order valence-electron chi connectivity index (χ4n) is 1.99. The molecule has 1 amide bonds. The van der Waals surface area contributed by atoms with E-state index < -0.39 is 0 Å². The second-order valence-electron chi connectivity index (χ2n) is 4.21. The summed E-state index contributed by atoms with van der Waals surface area (Å²) >= 11 is 1.62. The van der Waals surface area contributed by atoms with Crippen molar-refractivity contribution in [1.82, 2.24) is 10.2 Å². The number of thioether (sulfide) groups is 1. The zero-order valence-electron chi connectivity index (χ0n) is 9.48. The van der Waals surface area contributed by atoms with Crippen LogP contribution in [0.2, 0.25) is 0 Å². The Balaban J connectivity index is 1.79. The molecule has 2 aliphatic heterocycles. The lowest BCUT2D eigenvalue weighted by atomic mass is 10.1. The molecule has 16 heavy (non-hydrogen) atoms. The van der Waals surface area contributed by atoms with E-state index in [1.54, 1.807) is 22.9 Å². The molecule has 2 aliphatic rings. The maximum atomic E-state index is 11.7. The fourth-order valence-corrected chi connectivity index (χ4v) is 3.14. The summed E-state index contributed by atoms with van der Waals surface area (Å²) in [5.74, 6) is 0.987. The van der Waals surface area contributed by atoms with Crippen LogP contribution < -0.4 is 5.32 Å². The van der Waals surface area contributed by atoms with Crippen LogP contribution in [0.5, 0.6) is 0 Å². The molecule has 0 aliphatic carbocycles. The number of unbranched alkanes of at least 4 members (excludes halogenated alkanes) is 2. The number of nitrogens with one attached hydrogen (secondary N) is 1. The summed E-state index contributed by atoms with van der Waals surface area (Å²) < 4.78 is 0. The van der Waals surface area contributed by atoms with E-state index in [1.165, 1.54) is 12.8 Å². The van der Waals surface area contributed by atoms with Crippen LogP contribution in [-0.4, -0.2) is 39.6 Å². The molecular formula is C11H18N2O2S. The molecule has 2 rings (SSSR count). The summed E-state index contributed by atoms with van der Waals surface area (Å²) in [5, 5.41) is 12.8. The van der Waals surface area contributed by atoms with Crippen LogP contribution in [0.1, 0.15) is 26.2 Å². The van der Waals surface area contributed by atoms with Crippen LogP contribution >= 0.6 is 11.8 Å². The van der Waals surface area contributed by atoms with Gasteiger partial charge in [-0.2, -0.15) is 0 Å². The standard InChI is InChI=1S/C11H18N2O2S/c1-2-3-4-5-12-9-10(15)13-6-8(14)7-16-11(9)13/h6,9,11-12,14H,2-5,7H2,1H3/t9?,11-/m0/s1. The van der Waals surface area contributed by atoms with Crippen LogP contribution in [0.3, 0.4) is 0 Å². The lowest BCUT2D eigenvalue weighted by Crippen LogP contribution is -2.67. The Morgan fingerprint density at radius 3 is 3.19 bits per heavy atom. The van der Waals surface area contributed by atoms with Crippen molar-refractivity contribution >= 4 is 17.7 Å². The number of rotatable bonds is 5. The monoisotopic (exact) mass is 242 g/mol. The summed E-state index contributed by atoms with van der Waals surface area (Å²) in [6, 6.07) is -0.0498. The average Bonchev–Trinajstić information content (AvgIpc) is 2.29. The molecule has 1 fully saturated rings. The van der Waals surface area contributed by atoms with Gasteiger partial charge in [-0.25, -0.2) is 0 Å². The SMILES string of the molecule is CCCCCNC1C(=O)N2C=C(O)CS[C@@H]12. The number of aliphatic hydroxyl groups is 1. The number of amides is 1. The number of aliphatic hydroxyl groups excluding tert-OH is 1. The number of β-lactam (4-membered cyclic amide) rings is 1. The Morgan fingerprint density at radius 2 is 2.44 bits per heavy atom. The molecule has 1 saturated heterocycles. The third-order valence-corrected chi connectivity index (χ3v) is 4.22. The van der Waals surface area contributed by atoms with Gasteiger partial charge in [-0.1, -0.05) is 19.8 Å². The first-order valence-electron chi connectivity index (χ1n) is 5.81. The largest absolute Gasteiger partial charge is 0.510 e. The molecule has 0 aromatic heterocycles. The quantitative estimate of drug-likeness (QED) is 0.566. The Hall–Kier alpha value is -0.680. The molecule has 0 saturated carbocycles. The smallest absolute Gasteiger partial charge is 0.247 e. The van der Waals surface area contributed by atoms with Gasteiger partial charge in [0.2, 0.25) is 5.91 Å². The van der Waals surface area contributed by atoms with Crippen LogP contribution in [0.4, 0.5) is 0 Å². The molecule has 0 bridgehead atoms. The van der Waals surface area contributed by atoms with Crippen LogP contribution in [0, 0.1) is 0 Å². The van der Waals surface area contributed by atoms with Crippen molar-refractivity contribution in [3.8, 4) is 0 Å². The first-order valence-corrected chi connectivity index (χ1v) is 6.85. The number of hydrogen-bond acceptors (Lipinski definition) is 4. The molecule has 5 heteroatoms. The fraction of sp³-hybridized carbons (Fsp3) is 0.727. The first-order chi connectivity index (χ1) is 7.74. The van der Waals surface area contributed by atoms with Gasteiger partial charge in [0.1, 0.15) is 17.2 Å². The lowest BCUT2D eigenvalue weighted by Gasteiger charge is -2.46. The van der Waals surface area contributed by atoms with Crippen molar-refractivity contribution in [2.45, 2.75) is 37.6 Å². The van der Waals surface area contributed by atoms with E-state index in [-0.39, 0.29) is 17.3 Å². The van der Waals surface area contributed by atoms with Crippen molar-refractivity contribution in [1.29, 1.82) is 0 Å². The van der Waals surface area contributed by atoms with E-state index >= 15 is 0 Å². The minimum atomic E-state index is -0.0498. The maximum Gasteiger partial charge on any atom is 0.247 e. The predicted octanol–water partition coefficient (Wildman–Crippen LogP) is 1.45. The average molecular weight is 242 g/mol. The minimum Gasteiger partial charge on any atom is -0.510 e. The van der Waals surface area contributed by atoms with E-state index in [2.05, 4.69) is 12.2 Å². The highest BCUT2D eigenvalue weighted by Crippen LogP contribution is 2.35. The Labute approximate surface area is 100 Å². The highest BCUT2D eigenvalue weighted by molar-refractivity contribution is 8.00. The van der Waals surface area contributed by atoms with Gasteiger partial charge in [0, 0.05) is 6.20 Å². The van der Waals surface area contributed by atoms with Crippen molar-refractivity contribution in [3.05, 3.63) is 12.0 Å². The molecule has 2 N–H and O–H groups in total. The summed E-state index contributed by atoms with van der Waals surface area (Å²) in [5.41, 5.74) is 0. The molecule has 2 atom stereocenters. The number of nitrogens with zero attached hydrogens (tertiary/aromatic N) is 1. The van der Waals surface area contributed by atoms with Crippen LogP contribution in [-0.2, 0) is 4.79 Å². The predicted molar refractivity (Wildman–Crippen MR) is 65.1 cm³/mol. The molecule has 4 nitrogen and oxygen atoms in total. The number of fused-ring (bicyclic) bond motifs is 1. The summed E-state index contributed by atoms with van der Waals surface area (Å²) in [4.78, 5) is 13.3. The normalized spacial score (nSPS) is 28.4. The summed E-state index contributed by atoms with van der Waals surface area (Å²) in [6.07, 6.45) is 5.09. The first kappa shape index (κ1) is 11.8. The lowest BCUT2D eigenvalue weighted by molar-refractivity contribution is -0.142. The topological polar surface area (TPSA) is 52.6 Å². The number of carbonyl (C=O) groups is 1. The van der Waals surface area contributed by atoms with Crippen molar-refractivity contribution in [3.63, 3.8) is 0 Å². The zero-order valence-corrected chi connectivity index (χ0v) is 10.3. The van der Waals surface area contributed by atoms with Gasteiger partial charge in [-0.3, -0.25) is 9.69 Å². The highest BCUT2D eigenvalue weighted by Gasteiger charge is 2.48. The van der Waals surface area contributed by atoms with Gasteiger partial charge in [0.05, 0.1) is 5.75 Å². The van der Waals surface area contributed by atoms with Crippen molar-refractivity contribution in [2.24, 2.45) is 0 Å². The molecule has 90 valence electrons. The van der Waals surface area contributed by atoms with Gasteiger partial charge >= 0.3 is 0 Å². The summed E-state index contributed by atoms with van der Waals surface area (Å²) in [6.45, 7) is 3.08. The second kappa shape index (κ2) is 5.10. The molecule has 0 aromatic rings. The molecule has 0 radical (unpaired) electrons. The maximum absolute atomic E-state index is 11.7. The van der Waals surface area contributed by atoms with Gasteiger partial charge in [0.15, 0.2) is 0 Å². The van der Waals surface area contributed by atoms with Crippen molar-refractivity contribution in [2.75, 3.05) is 12.3 Å². The molecule has 1 unspecified atom stereocenters. The van der Waals surface area contributed by atoms with E-state index in [0.717, 1.165) is 13.0 Å². The highest BCUT2D eigenvalue weighted by atomic mass is 32.2. The Kier molecular flexibility index (Phi) is 3.76. The van der Waals surface area contributed by atoms with E-state index in [4.69, 9.17) is 0 Å². The second-order valence-corrected chi connectivity index (χ2v) is 5.31. The van der Waals surface area contributed by atoms with Crippen LogP contribution in [0.15, 0.2) is 12.0 Å². The van der Waals surface area contributed by atoms with Gasteiger partial charge in [0.25, 0.3) is 0 Å². The minimum absolute atomic E-state index is 0.0498. The van der Waals surface area contributed by atoms with E-state index in [0.29, 0.717) is 11.5 Å². The molecule has 0 aromatic carbocycles. The third-order valence-electron chi connectivity index (χ3n) is 2.91. The zero-order chi connectivity index (χ0) is 11.5. The van der Waals surface area contributed by atoms with E-state index in [9.17, 15) is 9.90 Å². The molecule has 2 heterocycles. The Bertz CT molecular complexity index is 306. The van der Waals surface area contributed by atoms with Crippen LogP contribution in [0.25, 0.3) is 0 Å². The van der Waals surface area contributed by atoms with Gasteiger partial charge < -0.3 is 10.4 Å². The third kappa shape index (κ3) is 2.20. The Morgan fingerprint density at radius 1 is 1.62 bits per heavy atom. The molecular weight excluding hydrogens is 224 g/mol.